The van der Waals surface area contributed by atoms with E-state index in [1.54, 1.807) is 6.20 Å². The topological polar surface area (TPSA) is 50.2 Å². The van der Waals surface area contributed by atoms with Gasteiger partial charge in [-0.3, -0.25) is 4.68 Å². The standard InChI is InChI=1S/C17H24N4O/c1-3-5-11-20(4-2)17(22)19-16-9-6-8-15(13-16)14-21-12-7-10-18-21/h6-10,12-13H,3-5,11,14H2,1-2H3,(H,19,22). The summed E-state index contributed by atoms with van der Waals surface area (Å²) in [5.74, 6) is 0. The average Bonchev–Trinajstić information content (AvgIpc) is 3.01. The maximum atomic E-state index is 12.3. The molecule has 0 saturated heterocycles. The number of hydrogen-bond acceptors (Lipinski definition) is 2. The molecule has 1 heterocycles. The van der Waals surface area contributed by atoms with E-state index in [2.05, 4.69) is 17.3 Å². The van der Waals surface area contributed by atoms with Gasteiger partial charge in [0.1, 0.15) is 0 Å². The summed E-state index contributed by atoms with van der Waals surface area (Å²) in [7, 11) is 0. The van der Waals surface area contributed by atoms with Crippen LogP contribution in [-0.4, -0.2) is 33.8 Å². The van der Waals surface area contributed by atoms with Crippen molar-refractivity contribution in [2.75, 3.05) is 18.4 Å². The molecule has 5 heteroatoms. The highest BCUT2D eigenvalue weighted by Crippen LogP contribution is 2.13. The van der Waals surface area contributed by atoms with Gasteiger partial charge < -0.3 is 10.2 Å². The highest BCUT2D eigenvalue weighted by atomic mass is 16.2. The zero-order valence-corrected chi connectivity index (χ0v) is 13.3. The number of carbonyl (C=O) groups excluding carboxylic acids is 1. The number of rotatable bonds is 7. The molecule has 1 N–H and O–H groups in total. The minimum absolute atomic E-state index is 0.0350. The molecule has 0 saturated carbocycles. The first-order valence-corrected chi connectivity index (χ1v) is 7.85. The lowest BCUT2D eigenvalue weighted by atomic mass is 10.2. The third kappa shape index (κ3) is 4.62. The molecule has 2 rings (SSSR count). The van der Waals surface area contributed by atoms with Crippen molar-refractivity contribution in [1.82, 2.24) is 14.7 Å². The molecule has 0 bridgehead atoms. The quantitative estimate of drug-likeness (QED) is 0.849. The highest BCUT2D eigenvalue weighted by Gasteiger charge is 2.11. The fourth-order valence-corrected chi connectivity index (χ4v) is 2.28. The molecule has 0 aliphatic heterocycles. The Hall–Kier alpha value is -2.30. The number of nitrogens with zero attached hydrogens (tertiary/aromatic N) is 3. The van der Waals surface area contributed by atoms with Gasteiger partial charge >= 0.3 is 6.03 Å². The van der Waals surface area contributed by atoms with Crippen molar-refractivity contribution < 1.29 is 4.79 Å². The van der Waals surface area contributed by atoms with Crippen molar-refractivity contribution in [2.45, 2.75) is 33.2 Å². The van der Waals surface area contributed by atoms with Crippen LogP contribution < -0.4 is 5.32 Å². The molecule has 5 nitrogen and oxygen atoms in total. The number of benzene rings is 1. The number of unbranched alkanes of at least 4 members (excludes halogenated alkanes) is 1. The molecule has 22 heavy (non-hydrogen) atoms. The third-order valence-corrected chi connectivity index (χ3v) is 3.53. The van der Waals surface area contributed by atoms with Gasteiger partial charge in [0, 0.05) is 31.2 Å². The minimum Gasteiger partial charge on any atom is -0.325 e. The van der Waals surface area contributed by atoms with E-state index in [1.807, 2.05) is 53.0 Å². The average molecular weight is 300 g/mol. The molecule has 1 aromatic heterocycles. The number of carbonyl (C=O) groups is 1. The Morgan fingerprint density at radius 3 is 2.86 bits per heavy atom. The Morgan fingerprint density at radius 2 is 2.18 bits per heavy atom. The first kappa shape index (κ1) is 16.1. The molecule has 0 aliphatic rings. The molecule has 2 amide bonds. The van der Waals surface area contributed by atoms with Crippen LogP contribution in [0.1, 0.15) is 32.3 Å². The molecule has 0 unspecified atom stereocenters. The molecule has 118 valence electrons. The summed E-state index contributed by atoms with van der Waals surface area (Å²) < 4.78 is 1.86. The Bertz CT molecular complexity index is 580. The lowest BCUT2D eigenvalue weighted by Crippen LogP contribution is -2.35. The highest BCUT2D eigenvalue weighted by molar-refractivity contribution is 5.89. The van der Waals surface area contributed by atoms with E-state index < -0.39 is 0 Å². The Kier molecular flexibility index (Phi) is 6.01. The monoisotopic (exact) mass is 300 g/mol. The van der Waals surface area contributed by atoms with E-state index in [-0.39, 0.29) is 6.03 Å². The third-order valence-electron chi connectivity index (χ3n) is 3.53. The van der Waals surface area contributed by atoms with E-state index in [1.165, 1.54) is 0 Å². The van der Waals surface area contributed by atoms with Crippen molar-refractivity contribution >= 4 is 11.7 Å². The van der Waals surface area contributed by atoms with E-state index in [9.17, 15) is 4.79 Å². The van der Waals surface area contributed by atoms with Gasteiger partial charge in [-0.25, -0.2) is 4.79 Å². The van der Waals surface area contributed by atoms with E-state index >= 15 is 0 Å². The lowest BCUT2D eigenvalue weighted by molar-refractivity contribution is 0.213. The second-order valence-corrected chi connectivity index (χ2v) is 5.27. The Morgan fingerprint density at radius 1 is 1.32 bits per heavy atom. The summed E-state index contributed by atoms with van der Waals surface area (Å²) in [6, 6.07) is 9.76. The largest absolute Gasteiger partial charge is 0.325 e. The van der Waals surface area contributed by atoms with Gasteiger partial charge in [-0.15, -0.1) is 0 Å². The molecule has 1 aromatic carbocycles. The van der Waals surface area contributed by atoms with Crippen molar-refractivity contribution in [1.29, 1.82) is 0 Å². The van der Waals surface area contributed by atoms with Crippen LogP contribution in [0.3, 0.4) is 0 Å². The molecule has 0 spiro atoms. The van der Waals surface area contributed by atoms with Gasteiger partial charge in [0.15, 0.2) is 0 Å². The normalized spacial score (nSPS) is 10.5. The number of amides is 2. The number of nitrogens with one attached hydrogen (secondary N) is 1. The molecule has 2 aromatic rings. The fourth-order valence-electron chi connectivity index (χ4n) is 2.28. The van der Waals surface area contributed by atoms with E-state index in [0.29, 0.717) is 6.54 Å². The van der Waals surface area contributed by atoms with Crippen LogP contribution in [0, 0.1) is 0 Å². The maximum absolute atomic E-state index is 12.3. The van der Waals surface area contributed by atoms with Crippen LogP contribution in [0.15, 0.2) is 42.7 Å². The zero-order chi connectivity index (χ0) is 15.8. The summed E-state index contributed by atoms with van der Waals surface area (Å²) in [5, 5.41) is 7.18. The van der Waals surface area contributed by atoms with Crippen LogP contribution in [-0.2, 0) is 6.54 Å². The Balaban J connectivity index is 1.98. The fraction of sp³-hybridized carbons (Fsp3) is 0.412. The number of aromatic nitrogens is 2. The summed E-state index contributed by atoms with van der Waals surface area (Å²) >= 11 is 0. The van der Waals surface area contributed by atoms with E-state index in [4.69, 9.17) is 0 Å². The molecule has 0 fully saturated rings. The predicted octanol–water partition coefficient (Wildman–Crippen LogP) is 3.59. The summed E-state index contributed by atoms with van der Waals surface area (Å²) in [6.45, 7) is 6.35. The molecule has 0 radical (unpaired) electrons. The smallest absolute Gasteiger partial charge is 0.321 e. The van der Waals surface area contributed by atoms with Crippen LogP contribution in [0.2, 0.25) is 0 Å². The SMILES string of the molecule is CCCCN(CC)C(=O)Nc1cccc(Cn2cccn2)c1. The number of urea groups is 1. The van der Waals surface area contributed by atoms with Gasteiger partial charge in [0.25, 0.3) is 0 Å². The van der Waals surface area contributed by atoms with Crippen molar-refractivity contribution in [3.05, 3.63) is 48.3 Å². The molecular weight excluding hydrogens is 276 g/mol. The van der Waals surface area contributed by atoms with Crippen molar-refractivity contribution in [3.8, 4) is 0 Å². The van der Waals surface area contributed by atoms with Gasteiger partial charge in [-0.05, 0) is 37.1 Å². The number of hydrogen-bond donors (Lipinski definition) is 1. The van der Waals surface area contributed by atoms with E-state index in [0.717, 1.165) is 37.2 Å². The van der Waals surface area contributed by atoms with Crippen LogP contribution in [0.5, 0.6) is 0 Å². The van der Waals surface area contributed by atoms with Crippen molar-refractivity contribution in [3.63, 3.8) is 0 Å². The van der Waals surface area contributed by atoms with Gasteiger partial charge in [0.2, 0.25) is 0 Å². The second kappa shape index (κ2) is 8.22. The molecule has 0 aliphatic carbocycles. The Labute approximate surface area is 131 Å². The summed E-state index contributed by atoms with van der Waals surface area (Å²) in [6.07, 6.45) is 5.80. The maximum Gasteiger partial charge on any atom is 0.321 e. The second-order valence-electron chi connectivity index (χ2n) is 5.27. The first-order chi connectivity index (χ1) is 10.7. The van der Waals surface area contributed by atoms with Crippen LogP contribution in [0.4, 0.5) is 10.5 Å². The van der Waals surface area contributed by atoms with Gasteiger partial charge in [0.05, 0.1) is 6.54 Å². The predicted molar refractivity (Wildman–Crippen MR) is 88.9 cm³/mol. The summed E-state index contributed by atoms with van der Waals surface area (Å²) in [4.78, 5) is 14.1. The number of anilines is 1. The first-order valence-electron chi connectivity index (χ1n) is 7.85. The van der Waals surface area contributed by atoms with Gasteiger partial charge in [-0.2, -0.15) is 5.10 Å². The molecule has 0 atom stereocenters. The molecular formula is C17H24N4O. The van der Waals surface area contributed by atoms with Crippen molar-refractivity contribution in [2.24, 2.45) is 0 Å². The van der Waals surface area contributed by atoms with Gasteiger partial charge in [-0.1, -0.05) is 25.5 Å². The van der Waals surface area contributed by atoms with Crippen LogP contribution in [0.25, 0.3) is 0 Å². The zero-order valence-electron chi connectivity index (χ0n) is 13.3. The minimum atomic E-state index is -0.0350. The summed E-state index contributed by atoms with van der Waals surface area (Å²) in [5.41, 5.74) is 1.93. The van der Waals surface area contributed by atoms with Crippen LogP contribution >= 0.6 is 0 Å². The lowest BCUT2D eigenvalue weighted by Gasteiger charge is -2.21.